The second-order valence-electron chi connectivity index (χ2n) is 30.8. The molecule has 10 fully saturated rings. The van der Waals surface area contributed by atoms with E-state index < -0.39 is 0 Å². The highest BCUT2D eigenvalue weighted by atomic mass is 16.7. The van der Waals surface area contributed by atoms with Gasteiger partial charge in [0.2, 0.25) is 0 Å². The topological polar surface area (TPSA) is 393 Å². The molecular formula is C95H182O39. The molecular weight excluding hydrogens is 1770 g/mol. The van der Waals surface area contributed by atoms with Gasteiger partial charge in [0.05, 0.1) is 349 Å². The number of ether oxygens (including phenoxy) is 39. The van der Waals surface area contributed by atoms with E-state index in [2.05, 4.69) is 6.92 Å². The quantitative estimate of drug-likeness (QED) is 0.0481. The molecule has 12 atom stereocenters. The summed E-state index contributed by atoms with van der Waals surface area (Å²) in [6.45, 7) is 57.3. The molecule has 0 N–H and O–H groups in total. The molecule has 10 heterocycles. The lowest BCUT2D eigenvalue weighted by Gasteiger charge is -2.16. The molecule has 796 valence electrons. The van der Waals surface area contributed by atoms with Crippen molar-refractivity contribution in [3.8, 4) is 5.75 Å². The van der Waals surface area contributed by atoms with Crippen LogP contribution < -0.4 is 4.74 Å². The van der Waals surface area contributed by atoms with Crippen LogP contribution in [0.1, 0.15) is 80.6 Å². The van der Waals surface area contributed by atoms with Gasteiger partial charge in [0.15, 0.2) is 0 Å². The second-order valence-corrected chi connectivity index (χ2v) is 30.8. The smallest absolute Gasteiger partial charge is 0.119 e. The SMILES string of the molecule is CCCOCCOCCOCC1CO1.CCOC(C)COC(C)COCC1CO1.CCOCCCOCCCOCC1CO1.CCOCCOCCCC1CO1.CCOCCOCCOCC1CO1.COCCOCC1CO1.COCCOCCOCC1CO1.COCCOCCOCC1CO1.COCCOCCOCCOCC1CO1.c1ccc(OCCOCCOCC2CO2)cc1. The average Bonchev–Trinajstić information content (AvgIpc) is 1.92. The third-order valence-electron chi connectivity index (χ3n) is 17.8. The lowest BCUT2D eigenvalue weighted by Crippen LogP contribution is -2.24. The third-order valence-corrected chi connectivity index (χ3v) is 17.8. The minimum Gasteiger partial charge on any atom is -0.491 e. The first kappa shape index (κ1) is 128. The van der Waals surface area contributed by atoms with Crippen LogP contribution in [0, 0.1) is 0 Å². The van der Waals surface area contributed by atoms with Crippen LogP contribution in [0.4, 0.5) is 0 Å². The van der Waals surface area contributed by atoms with Crippen molar-refractivity contribution >= 4 is 0 Å². The molecule has 0 radical (unpaired) electrons. The van der Waals surface area contributed by atoms with Crippen molar-refractivity contribution in [2.24, 2.45) is 0 Å². The van der Waals surface area contributed by atoms with Crippen LogP contribution in [0.15, 0.2) is 30.3 Å². The van der Waals surface area contributed by atoms with Crippen molar-refractivity contribution in [3.63, 3.8) is 0 Å². The monoisotopic (exact) mass is 1950 g/mol. The van der Waals surface area contributed by atoms with Crippen LogP contribution in [-0.4, -0.2) is 505 Å². The molecule has 134 heavy (non-hydrogen) atoms. The molecule has 0 spiro atoms. The Hall–Kier alpha value is -2.50. The van der Waals surface area contributed by atoms with Gasteiger partial charge < -0.3 is 185 Å². The second kappa shape index (κ2) is 102. The van der Waals surface area contributed by atoms with Crippen molar-refractivity contribution in [1.29, 1.82) is 0 Å². The Balaban J connectivity index is 0.000000505. The number of hydrogen-bond acceptors (Lipinski definition) is 39. The normalized spacial score (nSPS) is 20.7. The van der Waals surface area contributed by atoms with E-state index in [9.17, 15) is 0 Å². The minimum atomic E-state index is 0.117. The van der Waals surface area contributed by atoms with E-state index in [0.29, 0.717) is 305 Å². The molecule has 11 rings (SSSR count). The first-order chi connectivity index (χ1) is 66.1. The maximum atomic E-state index is 5.57. The Bertz CT molecular complexity index is 2290. The molecule has 10 aliphatic heterocycles. The Morgan fingerprint density at radius 2 is 0.448 bits per heavy atom. The van der Waals surface area contributed by atoms with Gasteiger partial charge in [-0.15, -0.1) is 0 Å². The fourth-order valence-electron chi connectivity index (χ4n) is 9.50. The molecule has 39 heteroatoms. The highest BCUT2D eigenvalue weighted by Crippen LogP contribution is 2.17. The van der Waals surface area contributed by atoms with Crippen LogP contribution in [0.3, 0.4) is 0 Å². The van der Waals surface area contributed by atoms with E-state index in [1.54, 1.807) is 28.4 Å². The summed E-state index contributed by atoms with van der Waals surface area (Å²) in [6, 6.07) is 9.72. The fraction of sp³-hybridized carbons (Fsp3) is 0.937. The van der Waals surface area contributed by atoms with Crippen LogP contribution in [0.5, 0.6) is 5.75 Å². The van der Waals surface area contributed by atoms with Crippen LogP contribution in [0.25, 0.3) is 0 Å². The first-order valence-corrected chi connectivity index (χ1v) is 48.9. The van der Waals surface area contributed by atoms with Crippen molar-refractivity contribution in [2.75, 3.05) is 431 Å². The van der Waals surface area contributed by atoms with Crippen molar-refractivity contribution in [2.45, 2.75) is 154 Å². The Kier molecular flexibility index (Phi) is 97.1. The summed E-state index contributed by atoms with van der Waals surface area (Å²) in [6.07, 6.45) is 9.22. The highest BCUT2D eigenvalue weighted by Gasteiger charge is 2.28. The molecule has 0 bridgehead atoms. The summed E-state index contributed by atoms with van der Waals surface area (Å²) in [5.41, 5.74) is 0. The molecule has 0 aliphatic carbocycles. The zero-order valence-electron chi connectivity index (χ0n) is 83.9. The number of para-hydroxylation sites is 1. The zero-order chi connectivity index (χ0) is 96.3. The fourth-order valence-corrected chi connectivity index (χ4v) is 9.50. The first-order valence-electron chi connectivity index (χ1n) is 48.9. The van der Waals surface area contributed by atoms with E-state index in [0.717, 1.165) is 196 Å². The number of rotatable bonds is 88. The molecule has 0 amide bonds. The largest absolute Gasteiger partial charge is 0.491 e. The molecule has 0 aromatic heterocycles. The van der Waals surface area contributed by atoms with E-state index in [1.165, 1.54) is 0 Å². The van der Waals surface area contributed by atoms with Crippen LogP contribution in [0.2, 0.25) is 0 Å². The number of methoxy groups -OCH3 is 4. The molecule has 0 saturated carbocycles. The maximum absolute atomic E-state index is 5.57. The zero-order valence-corrected chi connectivity index (χ0v) is 83.9. The highest BCUT2D eigenvalue weighted by molar-refractivity contribution is 5.20. The van der Waals surface area contributed by atoms with Gasteiger partial charge in [-0.3, -0.25) is 0 Å². The van der Waals surface area contributed by atoms with Crippen LogP contribution in [-0.2, 0) is 180 Å². The van der Waals surface area contributed by atoms with Crippen molar-refractivity contribution in [3.05, 3.63) is 30.3 Å². The predicted octanol–water partition coefficient (Wildman–Crippen LogP) is 6.74. The lowest BCUT2D eigenvalue weighted by molar-refractivity contribution is -0.0559. The van der Waals surface area contributed by atoms with E-state index in [-0.39, 0.29) is 12.2 Å². The van der Waals surface area contributed by atoms with Gasteiger partial charge in [-0.05, 0) is 85.8 Å². The maximum Gasteiger partial charge on any atom is 0.119 e. The van der Waals surface area contributed by atoms with Gasteiger partial charge in [0, 0.05) is 94.5 Å². The summed E-state index contributed by atoms with van der Waals surface area (Å²) in [4.78, 5) is 0. The van der Waals surface area contributed by atoms with Gasteiger partial charge in [-0.1, -0.05) is 25.1 Å². The summed E-state index contributed by atoms with van der Waals surface area (Å²) >= 11 is 0. The minimum absolute atomic E-state index is 0.117. The predicted molar refractivity (Wildman–Crippen MR) is 497 cm³/mol. The molecule has 10 saturated heterocycles. The van der Waals surface area contributed by atoms with Gasteiger partial charge in [-0.2, -0.15) is 0 Å². The van der Waals surface area contributed by atoms with Gasteiger partial charge in [0.1, 0.15) is 67.3 Å². The van der Waals surface area contributed by atoms with E-state index in [4.69, 9.17) is 185 Å². The number of benzene rings is 1. The molecule has 39 nitrogen and oxygen atoms in total. The Morgan fingerprint density at radius 3 is 0.746 bits per heavy atom. The summed E-state index contributed by atoms with van der Waals surface area (Å²) in [5, 5.41) is 0. The standard InChI is InChI=1S/C13H18O4.2C11H22O4.C10H20O5.C10H20O4.C9H18O4.C9H18O3.2C8H16O4.C6H12O3/c1-2-4-12(5-3-1)16-9-8-14-6-7-15-10-13-11-17-13;1-4-13-10(3)6-14-9(2)5-12-7-11-8-15-11;1-2-12-5-3-6-13-7-4-8-14-9-11-10-15-11;1-11-2-3-12-4-5-13-6-7-14-8-10-9-15-10;1-2-3-11-4-5-12-6-7-13-8-10-9-14-10;1-2-10-3-4-11-5-6-12-7-9-8-13-9;1-2-10-6-7-11-5-3-4-9-8-12-9;2*1-9-2-3-10-4-5-11-6-8-7-12-8;1-7-2-3-8-4-6-5-9-6/h1-5,13H,6-11H2;9-11H,4-8H2,1-3H3;11H,2-10H2,1H3;10H,2-9H2,1H3;10H,2-9H2,1H3;9H,2-8H2,1H3;9H,2-8H2,1H3;2*8H,2-7H2,1H3;6H,2-5H2,1H3. The third kappa shape index (κ3) is 111. The Labute approximate surface area is 802 Å². The van der Waals surface area contributed by atoms with Crippen LogP contribution >= 0.6 is 0 Å². The molecule has 1 aromatic rings. The molecule has 1 aromatic carbocycles. The average molecular weight is 1950 g/mol. The van der Waals surface area contributed by atoms with Gasteiger partial charge in [0.25, 0.3) is 0 Å². The summed E-state index contributed by atoms with van der Waals surface area (Å²) in [7, 11) is 6.63. The van der Waals surface area contributed by atoms with E-state index in [1.807, 2.05) is 71.9 Å². The Morgan fingerprint density at radius 1 is 0.224 bits per heavy atom. The van der Waals surface area contributed by atoms with Gasteiger partial charge >= 0.3 is 0 Å². The molecule has 10 aliphatic rings. The van der Waals surface area contributed by atoms with Crippen molar-refractivity contribution < 1.29 is 185 Å². The number of hydrogen-bond donors (Lipinski definition) is 0. The molecule has 12 unspecified atom stereocenters. The van der Waals surface area contributed by atoms with Crippen molar-refractivity contribution in [1.82, 2.24) is 0 Å². The van der Waals surface area contributed by atoms with Gasteiger partial charge in [-0.25, -0.2) is 0 Å². The lowest BCUT2D eigenvalue weighted by atomic mass is 10.3. The van der Waals surface area contributed by atoms with E-state index >= 15 is 0 Å². The summed E-state index contributed by atoms with van der Waals surface area (Å²) < 4.78 is 201. The number of epoxide rings is 10. The summed E-state index contributed by atoms with van der Waals surface area (Å²) in [5.74, 6) is 0.873.